The van der Waals surface area contributed by atoms with Crippen molar-refractivity contribution in [1.29, 1.82) is 0 Å². The molecule has 82 valence electrons. The zero-order chi connectivity index (χ0) is 11.6. The van der Waals surface area contributed by atoms with Crippen molar-refractivity contribution < 1.29 is 0 Å². The van der Waals surface area contributed by atoms with Crippen molar-refractivity contribution in [2.45, 2.75) is 13.8 Å². The first kappa shape index (κ1) is 12.2. The normalized spacial score (nSPS) is 9.62. The van der Waals surface area contributed by atoms with Gasteiger partial charge in [-0.3, -0.25) is 4.98 Å². The van der Waals surface area contributed by atoms with Gasteiger partial charge < -0.3 is 0 Å². The zero-order valence-corrected chi connectivity index (χ0v) is 9.80. The van der Waals surface area contributed by atoms with Crippen LogP contribution in [0.5, 0.6) is 0 Å². The Balaban J connectivity index is 0.000000606. The summed E-state index contributed by atoms with van der Waals surface area (Å²) in [5, 5.41) is 0. The molecule has 0 saturated carbocycles. The van der Waals surface area contributed by atoms with Crippen LogP contribution in [0.25, 0.3) is 12.2 Å². The molecule has 0 bridgehead atoms. The molecule has 2 aromatic rings. The molecule has 0 saturated heterocycles. The maximum absolute atomic E-state index is 3.97. The second-order valence-electron chi connectivity index (χ2n) is 3.02. The first-order valence-corrected chi connectivity index (χ1v) is 5.58. The van der Waals surface area contributed by atoms with E-state index in [9.17, 15) is 0 Å². The van der Waals surface area contributed by atoms with Crippen LogP contribution in [-0.4, -0.2) is 4.98 Å². The van der Waals surface area contributed by atoms with Gasteiger partial charge in [-0.15, -0.1) is 0 Å². The van der Waals surface area contributed by atoms with Gasteiger partial charge in [0, 0.05) is 12.4 Å². The monoisotopic (exact) mass is 211 g/mol. The molecule has 1 nitrogen and oxygen atoms in total. The van der Waals surface area contributed by atoms with Gasteiger partial charge in [0.25, 0.3) is 0 Å². The van der Waals surface area contributed by atoms with Crippen molar-refractivity contribution in [2.75, 3.05) is 0 Å². The van der Waals surface area contributed by atoms with Gasteiger partial charge in [0.2, 0.25) is 0 Å². The summed E-state index contributed by atoms with van der Waals surface area (Å²) in [6.45, 7) is 4.00. The molecule has 0 amide bonds. The van der Waals surface area contributed by atoms with Crippen molar-refractivity contribution in [3.05, 3.63) is 66.0 Å². The second-order valence-corrected chi connectivity index (χ2v) is 3.02. The topological polar surface area (TPSA) is 12.9 Å². The van der Waals surface area contributed by atoms with Gasteiger partial charge in [-0.25, -0.2) is 0 Å². The molecule has 1 aromatic carbocycles. The molecule has 0 unspecified atom stereocenters. The molecule has 1 aromatic heterocycles. The Morgan fingerprint density at radius 1 is 0.750 bits per heavy atom. The largest absolute Gasteiger partial charge is 0.265 e. The van der Waals surface area contributed by atoms with Crippen molar-refractivity contribution in [3.63, 3.8) is 0 Å². The number of nitrogens with zero attached hydrogens (tertiary/aromatic N) is 1. The summed E-state index contributed by atoms with van der Waals surface area (Å²) in [6, 6.07) is 14.2. The molecule has 2 rings (SSSR count). The highest BCUT2D eigenvalue weighted by molar-refractivity contribution is 5.69. The molecule has 0 aliphatic rings. The Bertz CT molecular complexity index is 362. The summed E-state index contributed by atoms with van der Waals surface area (Å²) < 4.78 is 0. The minimum Gasteiger partial charge on any atom is -0.265 e. The highest BCUT2D eigenvalue weighted by Crippen LogP contribution is 2.06. The molecule has 0 aliphatic carbocycles. The molecular weight excluding hydrogens is 194 g/mol. The Morgan fingerprint density at radius 2 is 1.25 bits per heavy atom. The van der Waals surface area contributed by atoms with Crippen molar-refractivity contribution in [1.82, 2.24) is 4.98 Å². The Hall–Kier alpha value is -1.89. The van der Waals surface area contributed by atoms with Gasteiger partial charge in [-0.2, -0.15) is 0 Å². The van der Waals surface area contributed by atoms with Gasteiger partial charge in [0.1, 0.15) is 0 Å². The number of aromatic nitrogens is 1. The second kappa shape index (κ2) is 7.41. The lowest BCUT2D eigenvalue weighted by molar-refractivity contribution is 1.32. The first-order chi connectivity index (χ1) is 7.95. The molecule has 1 heterocycles. The molecule has 0 spiro atoms. The maximum Gasteiger partial charge on any atom is 0.0273 e. The van der Waals surface area contributed by atoms with Crippen LogP contribution in [0.2, 0.25) is 0 Å². The third-order valence-corrected chi connectivity index (χ3v) is 1.97. The quantitative estimate of drug-likeness (QED) is 0.722. The number of hydrogen-bond acceptors (Lipinski definition) is 1. The van der Waals surface area contributed by atoms with E-state index in [0.29, 0.717) is 0 Å². The predicted octanol–water partition coefficient (Wildman–Crippen LogP) is 4.28. The number of pyridine rings is 1. The SMILES string of the molecule is C(=C\c1ccncc1)/c1ccccc1.CC. The van der Waals surface area contributed by atoms with Crippen LogP contribution in [-0.2, 0) is 0 Å². The lowest BCUT2D eigenvalue weighted by Gasteiger charge is -1.92. The van der Waals surface area contributed by atoms with Crippen molar-refractivity contribution >= 4 is 12.2 Å². The highest BCUT2D eigenvalue weighted by atomic mass is 14.6. The van der Waals surface area contributed by atoms with E-state index in [1.165, 1.54) is 11.1 Å². The van der Waals surface area contributed by atoms with Crippen LogP contribution in [0.3, 0.4) is 0 Å². The maximum atomic E-state index is 3.97. The van der Waals surface area contributed by atoms with Crippen LogP contribution in [0.1, 0.15) is 25.0 Å². The summed E-state index contributed by atoms with van der Waals surface area (Å²) >= 11 is 0. The van der Waals surface area contributed by atoms with E-state index in [1.807, 2.05) is 44.2 Å². The van der Waals surface area contributed by atoms with E-state index in [4.69, 9.17) is 0 Å². The zero-order valence-electron chi connectivity index (χ0n) is 9.80. The van der Waals surface area contributed by atoms with Crippen LogP contribution < -0.4 is 0 Å². The Labute approximate surface area is 97.5 Å². The van der Waals surface area contributed by atoms with Crippen LogP contribution in [0, 0.1) is 0 Å². The molecule has 0 fully saturated rings. The van der Waals surface area contributed by atoms with E-state index >= 15 is 0 Å². The van der Waals surface area contributed by atoms with E-state index in [-0.39, 0.29) is 0 Å². The Morgan fingerprint density at radius 3 is 1.81 bits per heavy atom. The third-order valence-electron chi connectivity index (χ3n) is 1.97. The molecule has 16 heavy (non-hydrogen) atoms. The standard InChI is InChI=1S/C13H11N.C2H6/c1-2-4-12(5-3-1)6-7-13-8-10-14-11-9-13;1-2/h1-11H;1-2H3/b7-6+;. The van der Waals surface area contributed by atoms with E-state index in [0.717, 1.165) is 0 Å². The smallest absolute Gasteiger partial charge is 0.0273 e. The molecule has 0 N–H and O–H groups in total. The fourth-order valence-corrected chi connectivity index (χ4v) is 1.23. The van der Waals surface area contributed by atoms with Crippen molar-refractivity contribution in [3.8, 4) is 0 Å². The van der Waals surface area contributed by atoms with Crippen LogP contribution in [0.4, 0.5) is 0 Å². The highest BCUT2D eigenvalue weighted by Gasteiger charge is 1.84. The summed E-state index contributed by atoms with van der Waals surface area (Å²) in [5.41, 5.74) is 2.38. The van der Waals surface area contributed by atoms with Gasteiger partial charge >= 0.3 is 0 Å². The third kappa shape index (κ3) is 4.09. The average molecular weight is 211 g/mol. The van der Waals surface area contributed by atoms with Gasteiger partial charge in [-0.1, -0.05) is 56.3 Å². The fraction of sp³-hybridized carbons (Fsp3) is 0.133. The first-order valence-electron chi connectivity index (χ1n) is 5.58. The Kier molecular flexibility index (Phi) is 5.64. The molecule has 1 heteroatoms. The molecule has 0 aliphatic heterocycles. The minimum atomic E-state index is 1.17. The average Bonchev–Trinajstić information content (AvgIpc) is 2.41. The van der Waals surface area contributed by atoms with Gasteiger partial charge in [0.15, 0.2) is 0 Å². The van der Waals surface area contributed by atoms with E-state index in [1.54, 1.807) is 12.4 Å². The lowest BCUT2D eigenvalue weighted by atomic mass is 10.2. The lowest BCUT2D eigenvalue weighted by Crippen LogP contribution is -1.73. The molecule has 0 radical (unpaired) electrons. The van der Waals surface area contributed by atoms with Gasteiger partial charge in [0.05, 0.1) is 0 Å². The molecular formula is C15H17N. The number of rotatable bonds is 2. The van der Waals surface area contributed by atoms with Crippen LogP contribution >= 0.6 is 0 Å². The number of hydrogen-bond donors (Lipinski definition) is 0. The number of benzene rings is 1. The molecule has 0 atom stereocenters. The van der Waals surface area contributed by atoms with E-state index < -0.39 is 0 Å². The summed E-state index contributed by atoms with van der Waals surface area (Å²) in [4.78, 5) is 3.97. The van der Waals surface area contributed by atoms with E-state index in [2.05, 4.69) is 29.3 Å². The minimum absolute atomic E-state index is 1.17. The van der Waals surface area contributed by atoms with Gasteiger partial charge in [-0.05, 0) is 23.3 Å². The van der Waals surface area contributed by atoms with Crippen molar-refractivity contribution in [2.24, 2.45) is 0 Å². The summed E-state index contributed by atoms with van der Waals surface area (Å²) in [5.74, 6) is 0. The predicted molar refractivity (Wildman–Crippen MR) is 71.0 cm³/mol. The summed E-state index contributed by atoms with van der Waals surface area (Å²) in [7, 11) is 0. The van der Waals surface area contributed by atoms with Crippen LogP contribution in [0.15, 0.2) is 54.9 Å². The fourth-order valence-electron chi connectivity index (χ4n) is 1.23. The summed E-state index contributed by atoms with van der Waals surface area (Å²) in [6.07, 6.45) is 7.77.